The number of fused-ring (bicyclic) bond motifs is 2. The molecule has 2 aliphatic rings. The minimum Gasteiger partial charge on any atom is -0.369 e. The summed E-state index contributed by atoms with van der Waals surface area (Å²) in [5, 5.41) is 13.5. The zero-order chi connectivity index (χ0) is 12.5. The van der Waals surface area contributed by atoms with Crippen LogP contribution in [0.5, 0.6) is 0 Å². The van der Waals surface area contributed by atoms with E-state index in [-0.39, 0.29) is 0 Å². The van der Waals surface area contributed by atoms with E-state index < -0.39 is 0 Å². The monoisotopic (exact) mass is 261 g/mol. The van der Waals surface area contributed by atoms with Crippen molar-refractivity contribution in [1.82, 2.24) is 5.32 Å². The quantitative estimate of drug-likeness (QED) is 0.844. The maximum atomic E-state index is 9.22. The van der Waals surface area contributed by atoms with Gasteiger partial charge in [-0.2, -0.15) is 5.26 Å². The molecule has 0 amide bonds. The Balaban J connectivity index is 1.88. The van der Waals surface area contributed by atoms with Crippen LogP contribution < -0.4 is 10.2 Å². The Morgan fingerprint density at radius 2 is 2.11 bits per heavy atom. The molecule has 1 aromatic carbocycles. The Hall–Kier alpha value is -1.24. The molecular formula is C14H16ClN3. The molecule has 2 bridgehead atoms. The fourth-order valence-corrected chi connectivity index (χ4v) is 3.21. The number of halogens is 1. The van der Waals surface area contributed by atoms with Gasteiger partial charge >= 0.3 is 0 Å². The number of hydrogen-bond donors (Lipinski definition) is 1. The van der Waals surface area contributed by atoms with Crippen LogP contribution in [0.2, 0.25) is 5.02 Å². The highest BCUT2D eigenvalue weighted by Gasteiger charge is 2.29. The summed E-state index contributed by atoms with van der Waals surface area (Å²) in [5.41, 5.74) is 1.71. The van der Waals surface area contributed by atoms with Crippen molar-refractivity contribution in [3.8, 4) is 6.07 Å². The van der Waals surface area contributed by atoms with Crippen LogP contribution in [0.4, 0.5) is 5.69 Å². The van der Waals surface area contributed by atoms with Crippen LogP contribution in [0.3, 0.4) is 0 Å². The molecular weight excluding hydrogens is 246 g/mol. The summed E-state index contributed by atoms with van der Waals surface area (Å²) in [6, 6.07) is 9.08. The van der Waals surface area contributed by atoms with Gasteiger partial charge in [-0.25, -0.2) is 0 Å². The number of hydrogen-bond acceptors (Lipinski definition) is 3. The van der Waals surface area contributed by atoms with Crippen molar-refractivity contribution in [1.29, 1.82) is 5.26 Å². The summed E-state index contributed by atoms with van der Waals surface area (Å²) in [6.45, 7) is 2.01. The summed E-state index contributed by atoms with van der Waals surface area (Å²) in [7, 11) is 0. The Labute approximate surface area is 112 Å². The van der Waals surface area contributed by atoms with Gasteiger partial charge in [0, 0.05) is 30.2 Å². The third-order valence-corrected chi connectivity index (χ3v) is 4.18. The van der Waals surface area contributed by atoms with Gasteiger partial charge in [-0.15, -0.1) is 0 Å². The van der Waals surface area contributed by atoms with Crippen molar-refractivity contribution in [3.05, 3.63) is 28.8 Å². The molecule has 2 aliphatic heterocycles. The van der Waals surface area contributed by atoms with Gasteiger partial charge in [0.25, 0.3) is 0 Å². The third-order valence-electron chi connectivity index (χ3n) is 3.94. The van der Waals surface area contributed by atoms with Crippen LogP contribution in [0.25, 0.3) is 0 Å². The molecule has 0 aromatic heterocycles. The highest BCUT2D eigenvalue weighted by atomic mass is 35.5. The first-order valence-electron chi connectivity index (χ1n) is 6.47. The molecule has 2 saturated heterocycles. The first-order chi connectivity index (χ1) is 8.76. The Kier molecular flexibility index (Phi) is 3.15. The van der Waals surface area contributed by atoms with Crippen molar-refractivity contribution in [2.45, 2.75) is 31.3 Å². The second kappa shape index (κ2) is 4.79. The molecule has 1 aromatic rings. The molecule has 0 saturated carbocycles. The van der Waals surface area contributed by atoms with E-state index in [0.29, 0.717) is 22.7 Å². The fraction of sp³-hybridized carbons (Fsp3) is 0.500. The van der Waals surface area contributed by atoms with Gasteiger partial charge in [0.1, 0.15) is 6.07 Å². The van der Waals surface area contributed by atoms with E-state index in [2.05, 4.69) is 16.3 Å². The van der Waals surface area contributed by atoms with Crippen LogP contribution in [0, 0.1) is 11.3 Å². The van der Waals surface area contributed by atoms with Gasteiger partial charge in [0.2, 0.25) is 0 Å². The van der Waals surface area contributed by atoms with Crippen molar-refractivity contribution < 1.29 is 0 Å². The van der Waals surface area contributed by atoms with Crippen LogP contribution in [0.15, 0.2) is 18.2 Å². The second-order valence-corrected chi connectivity index (χ2v) is 5.58. The lowest BCUT2D eigenvalue weighted by Crippen LogP contribution is -2.35. The highest BCUT2D eigenvalue weighted by Crippen LogP contribution is 2.28. The number of nitrogens with zero attached hydrogens (tertiary/aromatic N) is 2. The van der Waals surface area contributed by atoms with Gasteiger partial charge in [0.15, 0.2) is 0 Å². The molecule has 2 atom stereocenters. The summed E-state index contributed by atoms with van der Waals surface area (Å²) >= 11 is 5.95. The maximum Gasteiger partial charge on any atom is 0.101 e. The molecule has 94 valence electrons. The summed E-state index contributed by atoms with van der Waals surface area (Å²) in [6.07, 6.45) is 3.70. The largest absolute Gasteiger partial charge is 0.369 e. The van der Waals surface area contributed by atoms with Crippen LogP contribution in [-0.2, 0) is 0 Å². The number of rotatable bonds is 1. The number of benzene rings is 1. The molecule has 1 N–H and O–H groups in total. The van der Waals surface area contributed by atoms with Crippen LogP contribution >= 0.6 is 11.6 Å². The van der Waals surface area contributed by atoms with E-state index in [9.17, 15) is 5.26 Å². The molecule has 2 unspecified atom stereocenters. The van der Waals surface area contributed by atoms with E-state index in [1.807, 2.05) is 12.1 Å². The predicted octanol–water partition coefficient (Wildman–Crippen LogP) is 2.54. The Bertz CT molecular complexity index is 494. The minimum absolute atomic E-state index is 0.569. The molecule has 2 heterocycles. The first-order valence-corrected chi connectivity index (χ1v) is 6.84. The lowest BCUT2D eigenvalue weighted by molar-refractivity contribution is 0.563. The molecule has 18 heavy (non-hydrogen) atoms. The van der Waals surface area contributed by atoms with Crippen LogP contribution in [-0.4, -0.2) is 25.2 Å². The first kappa shape index (κ1) is 11.8. The number of nitrogens with one attached hydrogen (secondary N) is 1. The minimum atomic E-state index is 0.569. The topological polar surface area (TPSA) is 39.1 Å². The standard InChI is InChI=1S/C14H16ClN3/c15-11-1-4-14(10(7-11)8-16)18-6-5-12-2-3-13(9-18)17-12/h1,4,7,12-13,17H,2-3,5-6,9H2. The molecule has 3 rings (SSSR count). The van der Waals surface area contributed by atoms with Gasteiger partial charge < -0.3 is 10.2 Å². The fourth-order valence-electron chi connectivity index (χ4n) is 3.04. The molecule has 4 heteroatoms. The Morgan fingerprint density at radius 3 is 2.94 bits per heavy atom. The molecule has 0 spiro atoms. The summed E-state index contributed by atoms with van der Waals surface area (Å²) in [4.78, 5) is 2.33. The highest BCUT2D eigenvalue weighted by molar-refractivity contribution is 6.30. The number of anilines is 1. The van der Waals surface area contributed by atoms with E-state index in [1.54, 1.807) is 6.07 Å². The van der Waals surface area contributed by atoms with Crippen molar-refractivity contribution in [3.63, 3.8) is 0 Å². The third kappa shape index (κ3) is 2.19. The summed E-state index contributed by atoms with van der Waals surface area (Å²) < 4.78 is 0. The Morgan fingerprint density at radius 1 is 1.28 bits per heavy atom. The molecule has 0 aliphatic carbocycles. The van der Waals surface area contributed by atoms with E-state index in [4.69, 9.17) is 11.6 Å². The van der Waals surface area contributed by atoms with Gasteiger partial charge in [0.05, 0.1) is 11.3 Å². The van der Waals surface area contributed by atoms with E-state index in [1.165, 1.54) is 12.8 Å². The molecule has 2 fully saturated rings. The predicted molar refractivity (Wildman–Crippen MR) is 72.9 cm³/mol. The second-order valence-electron chi connectivity index (χ2n) is 5.15. The van der Waals surface area contributed by atoms with Crippen molar-refractivity contribution in [2.75, 3.05) is 18.0 Å². The van der Waals surface area contributed by atoms with E-state index in [0.717, 1.165) is 25.2 Å². The van der Waals surface area contributed by atoms with Crippen molar-refractivity contribution in [2.24, 2.45) is 0 Å². The lowest BCUT2D eigenvalue weighted by atomic mass is 10.1. The van der Waals surface area contributed by atoms with Crippen molar-refractivity contribution >= 4 is 17.3 Å². The van der Waals surface area contributed by atoms with Crippen LogP contribution in [0.1, 0.15) is 24.8 Å². The normalized spacial score (nSPS) is 26.8. The molecule has 0 radical (unpaired) electrons. The molecule has 3 nitrogen and oxygen atoms in total. The van der Waals surface area contributed by atoms with Gasteiger partial charge in [-0.3, -0.25) is 0 Å². The summed E-state index contributed by atoms with van der Waals surface area (Å²) in [5.74, 6) is 0. The average Bonchev–Trinajstić information content (AvgIpc) is 2.70. The average molecular weight is 262 g/mol. The zero-order valence-corrected chi connectivity index (χ0v) is 11.0. The SMILES string of the molecule is N#Cc1cc(Cl)ccc1N1CCC2CCC(C1)N2. The number of nitriles is 1. The zero-order valence-electron chi connectivity index (χ0n) is 10.2. The smallest absolute Gasteiger partial charge is 0.101 e. The van der Waals surface area contributed by atoms with Gasteiger partial charge in [-0.1, -0.05) is 11.6 Å². The van der Waals surface area contributed by atoms with Gasteiger partial charge in [-0.05, 0) is 37.5 Å². The lowest BCUT2D eigenvalue weighted by Gasteiger charge is -2.27. The maximum absolute atomic E-state index is 9.22. The van der Waals surface area contributed by atoms with E-state index >= 15 is 0 Å².